The summed E-state index contributed by atoms with van der Waals surface area (Å²) >= 11 is 0. The highest BCUT2D eigenvalue weighted by Crippen LogP contribution is 2.73. The van der Waals surface area contributed by atoms with Gasteiger partial charge in [-0.2, -0.15) is 0 Å². The maximum Gasteiger partial charge on any atom is 0.164 e. The molecule has 0 amide bonds. The Hall–Kier alpha value is -1.83. The third-order valence-corrected chi connectivity index (χ3v) is 11.4. The molecule has 7 nitrogen and oxygen atoms in total. The normalized spacial score (nSPS) is 42.2. The van der Waals surface area contributed by atoms with Gasteiger partial charge in [-0.25, -0.2) is 0 Å². The van der Waals surface area contributed by atoms with E-state index in [0.717, 1.165) is 5.57 Å². The van der Waals surface area contributed by atoms with Crippen molar-refractivity contribution >= 4 is 17.3 Å². The van der Waals surface area contributed by atoms with E-state index in [1.807, 2.05) is 27.7 Å². The van der Waals surface area contributed by atoms with E-state index in [1.54, 1.807) is 19.9 Å². The molecule has 8 atom stereocenters. The van der Waals surface area contributed by atoms with Crippen LogP contribution in [0.1, 0.15) is 93.9 Å². The van der Waals surface area contributed by atoms with Crippen LogP contribution in [0.3, 0.4) is 0 Å². The maximum atomic E-state index is 14.3. The number of aliphatic hydroxyl groups excluding tert-OH is 2. The first kappa shape index (κ1) is 29.2. The number of carbonyl (C=O) groups excluding carboxylic acids is 3. The van der Waals surface area contributed by atoms with E-state index in [-0.39, 0.29) is 48.9 Å². The topological polar surface area (TPSA) is 132 Å². The number of carbonyl (C=O) groups is 3. The molecule has 2 fully saturated rings. The Balaban J connectivity index is 1.80. The van der Waals surface area contributed by atoms with Crippen molar-refractivity contribution < 1.29 is 34.8 Å². The number of ketones is 3. The Labute approximate surface area is 226 Å². The second-order valence-electron chi connectivity index (χ2n) is 14.7. The van der Waals surface area contributed by atoms with E-state index < -0.39 is 56.6 Å². The first-order chi connectivity index (χ1) is 17.1. The number of hydrogen-bond acceptors (Lipinski definition) is 7. The Morgan fingerprint density at radius 1 is 1.03 bits per heavy atom. The zero-order valence-corrected chi connectivity index (χ0v) is 24.2. The molecule has 4 N–H and O–H groups in total. The first-order valence-electron chi connectivity index (χ1n) is 14.0. The smallest absolute Gasteiger partial charge is 0.164 e. The van der Waals surface area contributed by atoms with Crippen molar-refractivity contribution in [2.24, 2.45) is 39.4 Å². The summed E-state index contributed by atoms with van der Waals surface area (Å²) in [5.41, 5.74) is -5.30. The monoisotopic (exact) mass is 530 g/mol. The van der Waals surface area contributed by atoms with E-state index >= 15 is 0 Å². The average molecular weight is 531 g/mol. The van der Waals surface area contributed by atoms with Crippen molar-refractivity contribution in [3.05, 3.63) is 23.5 Å². The molecular formula is C31H46O7. The lowest BCUT2D eigenvalue weighted by Gasteiger charge is -2.63. The molecule has 38 heavy (non-hydrogen) atoms. The molecule has 0 spiro atoms. The highest BCUT2D eigenvalue weighted by Gasteiger charge is 2.74. The molecule has 7 heteroatoms. The van der Waals surface area contributed by atoms with E-state index in [4.69, 9.17) is 0 Å². The lowest BCUT2D eigenvalue weighted by molar-refractivity contribution is -0.180. The third kappa shape index (κ3) is 3.90. The van der Waals surface area contributed by atoms with Crippen LogP contribution < -0.4 is 0 Å². The maximum absolute atomic E-state index is 14.3. The fraction of sp³-hybridized carbons (Fsp3) is 0.774. The summed E-state index contributed by atoms with van der Waals surface area (Å²) in [5.74, 6) is -2.13. The van der Waals surface area contributed by atoms with Crippen molar-refractivity contribution in [3.8, 4) is 0 Å². The SMILES string of the molecule is CC(C)(O)CCC(=O)C(C)(O)[C@H]1[C@H](O)C[C@@]2(C)[C@@H]3CC=C4[C@@H](C=C(O)CC(=O)C4(C)C)[C@]3(C)C(=O)CC12C. The van der Waals surface area contributed by atoms with Crippen LogP contribution in [0.25, 0.3) is 0 Å². The molecule has 4 aliphatic carbocycles. The number of rotatable bonds is 5. The molecule has 0 aromatic heterocycles. The lowest BCUT2D eigenvalue weighted by Crippen LogP contribution is -2.64. The van der Waals surface area contributed by atoms with Crippen molar-refractivity contribution in [2.45, 2.75) is 111 Å². The van der Waals surface area contributed by atoms with Gasteiger partial charge in [0.05, 0.1) is 23.9 Å². The number of fused-ring (bicyclic) bond motifs is 5. The summed E-state index contributed by atoms with van der Waals surface area (Å²) < 4.78 is 0. The molecule has 212 valence electrons. The predicted molar refractivity (Wildman–Crippen MR) is 143 cm³/mol. The molecule has 0 saturated heterocycles. The molecule has 4 aliphatic rings. The fourth-order valence-corrected chi connectivity index (χ4v) is 8.93. The van der Waals surface area contributed by atoms with Gasteiger partial charge in [0.25, 0.3) is 0 Å². The highest BCUT2D eigenvalue weighted by atomic mass is 16.3. The van der Waals surface area contributed by atoms with Gasteiger partial charge in [-0.15, -0.1) is 0 Å². The fourth-order valence-electron chi connectivity index (χ4n) is 8.93. The predicted octanol–water partition coefficient (Wildman–Crippen LogP) is 4.23. The van der Waals surface area contributed by atoms with Crippen LogP contribution in [0.15, 0.2) is 23.5 Å². The van der Waals surface area contributed by atoms with Gasteiger partial charge < -0.3 is 20.4 Å². The Morgan fingerprint density at radius 2 is 1.63 bits per heavy atom. The summed E-state index contributed by atoms with van der Waals surface area (Å²) in [4.78, 5) is 40.6. The molecule has 2 saturated carbocycles. The number of aliphatic hydroxyl groups is 4. The van der Waals surface area contributed by atoms with E-state index in [0.29, 0.717) is 12.8 Å². The Morgan fingerprint density at radius 3 is 2.21 bits per heavy atom. The second kappa shape index (κ2) is 8.58. The molecule has 0 aromatic carbocycles. The molecule has 0 aliphatic heterocycles. The van der Waals surface area contributed by atoms with Gasteiger partial charge in [0, 0.05) is 35.5 Å². The standard InChI is InChI=1S/C31H46O7/c1-26(2,37)12-11-22(34)31(8,38)25-20(33)15-28(5)21-10-9-18-19(13-17(32)14-23(35)27(18,3)4)30(21,7)24(36)16-29(25,28)6/h9,13,19-21,25,32-33,37-38H,10-12,14-16H2,1-8H3/t19-,20-,21+,25+,28+,29?,30+,31?/m1/s1. The third-order valence-electron chi connectivity index (χ3n) is 11.4. The van der Waals surface area contributed by atoms with Gasteiger partial charge in [-0.3, -0.25) is 14.4 Å². The quantitative estimate of drug-likeness (QED) is 0.391. The van der Waals surface area contributed by atoms with Gasteiger partial charge in [-0.1, -0.05) is 32.4 Å². The molecule has 0 heterocycles. The van der Waals surface area contributed by atoms with Gasteiger partial charge in [0.2, 0.25) is 0 Å². The van der Waals surface area contributed by atoms with E-state index in [2.05, 4.69) is 13.0 Å². The minimum Gasteiger partial charge on any atom is -0.512 e. The van der Waals surface area contributed by atoms with Crippen molar-refractivity contribution in [2.75, 3.05) is 0 Å². The molecule has 0 radical (unpaired) electrons. The minimum absolute atomic E-state index is 0.0192. The van der Waals surface area contributed by atoms with Crippen LogP contribution in [0.2, 0.25) is 0 Å². The van der Waals surface area contributed by atoms with Gasteiger partial charge in [0.15, 0.2) is 5.78 Å². The summed E-state index contributed by atoms with van der Waals surface area (Å²) in [7, 11) is 0. The Bertz CT molecular complexity index is 1120. The minimum atomic E-state index is -1.88. The van der Waals surface area contributed by atoms with Crippen molar-refractivity contribution in [1.29, 1.82) is 0 Å². The molecule has 0 aromatic rings. The summed E-state index contributed by atoms with van der Waals surface area (Å²) in [5, 5.41) is 43.9. The van der Waals surface area contributed by atoms with Gasteiger partial charge in [0.1, 0.15) is 17.2 Å². The largest absolute Gasteiger partial charge is 0.512 e. The zero-order valence-electron chi connectivity index (χ0n) is 24.2. The van der Waals surface area contributed by atoms with Gasteiger partial charge in [-0.05, 0) is 76.7 Å². The number of allylic oxidation sites excluding steroid dienone is 4. The van der Waals surface area contributed by atoms with Crippen LogP contribution in [0, 0.1) is 39.4 Å². The number of hydrogen-bond donors (Lipinski definition) is 4. The van der Waals surface area contributed by atoms with E-state index in [1.165, 1.54) is 6.92 Å². The van der Waals surface area contributed by atoms with E-state index in [9.17, 15) is 34.8 Å². The summed E-state index contributed by atoms with van der Waals surface area (Å²) in [6.45, 7) is 14.3. The van der Waals surface area contributed by atoms with Crippen LogP contribution in [-0.2, 0) is 14.4 Å². The van der Waals surface area contributed by atoms with Crippen LogP contribution in [-0.4, -0.2) is 55.1 Å². The summed E-state index contributed by atoms with van der Waals surface area (Å²) in [6.07, 6.45) is 3.74. The van der Waals surface area contributed by atoms with Crippen molar-refractivity contribution in [1.82, 2.24) is 0 Å². The zero-order chi connectivity index (χ0) is 28.9. The molecule has 4 rings (SSSR count). The molecule has 0 bridgehead atoms. The highest BCUT2D eigenvalue weighted by molar-refractivity contribution is 5.93. The summed E-state index contributed by atoms with van der Waals surface area (Å²) in [6, 6.07) is 0. The molecular weight excluding hydrogens is 484 g/mol. The number of Topliss-reactive ketones (excluding diaryl/α,β-unsaturated/α-hetero) is 3. The van der Waals surface area contributed by atoms with Crippen LogP contribution in [0.4, 0.5) is 0 Å². The Kier molecular flexibility index (Phi) is 6.59. The molecule has 2 unspecified atom stereocenters. The van der Waals surface area contributed by atoms with Crippen molar-refractivity contribution in [3.63, 3.8) is 0 Å². The average Bonchev–Trinajstić information content (AvgIpc) is 2.91. The van der Waals surface area contributed by atoms with Gasteiger partial charge >= 0.3 is 0 Å². The first-order valence-corrected chi connectivity index (χ1v) is 14.0. The lowest BCUT2D eigenvalue weighted by atomic mass is 9.39. The second-order valence-corrected chi connectivity index (χ2v) is 14.7. The van der Waals surface area contributed by atoms with Crippen LogP contribution in [0.5, 0.6) is 0 Å². The van der Waals surface area contributed by atoms with Crippen LogP contribution >= 0.6 is 0 Å².